The van der Waals surface area contributed by atoms with Crippen molar-refractivity contribution in [3.05, 3.63) is 0 Å². The number of rotatable bonds is 0. The average Bonchev–Trinajstić information content (AvgIpc) is 0.722. The standard InChI is InChI=1S/C4H8.H2O/c1-2-4-3-1;/h1-4H2;1H2. The van der Waals surface area contributed by atoms with Gasteiger partial charge in [0, 0.05) is 0 Å². The summed E-state index contributed by atoms with van der Waals surface area (Å²) < 4.78 is 0. The van der Waals surface area contributed by atoms with Gasteiger partial charge in [0.15, 0.2) is 0 Å². The van der Waals surface area contributed by atoms with E-state index < -0.39 is 0 Å². The molecule has 2 N–H and O–H groups in total. The van der Waals surface area contributed by atoms with Crippen LogP contribution in [0.4, 0.5) is 0 Å². The van der Waals surface area contributed by atoms with Crippen LogP contribution in [0.5, 0.6) is 0 Å². The molecule has 1 rings (SSSR count). The van der Waals surface area contributed by atoms with E-state index in [1.54, 1.807) is 0 Å². The second kappa shape index (κ2) is 2.21. The van der Waals surface area contributed by atoms with E-state index in [4.69, 9.17) is 0 Å². The lowest BCUT2D eigenvalue weighted by molar-refractivity contribution is 0.504. The molecule has 0 saturated heterocycles. The fourth-order valence-electron chi connectivity index (χ4n) is 0.250. The van der Waals surface area contributed by atoms with Gasteiger partial charge in [-0.3, -0.25) is 0 Å². The molecule has 1 saturated carbocycles. The monoisotopic (exact) mass is 74.1 g/mol. The quantitative estimate of drug-likeness (QED) is 0.406. The maximum absolute atomic E-state index is 1.50. The van der Waals surface area contributed by atoms with Crippen molar-refractivity contribution < 1.29 is 5.48 Å². The van der Waals surface area contributed by atoms with Crippen LogP contribution in [-0.4, -0.2) is 5.48 Å². The van der Waals surface area contributed by atoms with Crippen LogP contribution < -0.4 is 0 Å². The lowest BCUT2D eigenvalue weighted by Gasteiger charge is -2.05. The molecule has 0 amide bonds. The van der Waals surface area contributed by atoms with Crippen LogP contribution in [0.25, 0.3) is 0 Å². The Balaban J connectivity index is 0.000000160. The molecule has 5 heavy (non-hydrogen) atoms. The fourth-order valence-corrected chi connectivity index (χ4v) is 0.250. The molecule has 0 atom stereocenters. The van der Waals surface area contributed by atoms with Gasteiger partial charge in [-0.25, -0.2) is 0 Å². The minimum atomic E-state index is 0. The Morgan fingerprint density at radius 2 is 0.800 bits per heavy atom. The van der Waals surface area contributed by atoms with E-state index in [1.165, 1.54) is 25.7 Å². The molecule has 0 heterocycles. The summed E-state index contributed by atoms with van der Waals surface area (Å²) in [4.78, 5) is 0. The maximum atomic E-state index is 1.50. The molecule has 1 aliphatic carbocycles. The minimum Gasteiger partial charge on any atom is -0.412 e. The summed E-state index contributed by atoms with van der Waals surface area (Å²) in [6.45, 7) is 0. The predicted octanol–water partition coefficient (Wildman–Crippen LogP) is 0.736. The topological polar surface area (TPSA) is 31.5 Å². The molecule has 0 aliphatic heterocycles. The molecule has 32 valence electrons. The Bertz CT molecular complexity index is 11.6. The third-order valence-electron chi connectivity index (χ3n) is 1.000. The van der Waals surface area contributed by atoms with Crippen LogP contribution in [-0.2, 0) is 0 Å². The normalized spacial score (nSPS) is 19.2. The van der Waals surface area contributed by atoms with Crippen molar-refractivity contribution in [2.45, 2.75) is 25.7 Å². The van der Waals surface area contributed by atoms with Gasteiger partial charge in [0.25, 0.3) is 0 Å². The fraction of sp³-hybridized carbons (Fsp3) is 1.00. The third kappa shape index (κ3) is 0.970. The number of hydrogen-bond acceptors (Lipinski definition) is 0. The SMILES string of the molecule is C1CCC1.O. The molecule has 0 unspecified atom stereocenters. The zero-order valence-electron chi connectivity index (χ0n) is 3.33. The van der Waals surface area contributed by atoms with E-state index >= 15 is 0 Å². The Morgan fingerprint density at radius 3 is 0.800 bits per heavy atom. The maximum Gasteiger partial charge on any atom is -0.0533 e. The highest BCUT2D eigenvalue weighted by molar-refractivity contribution is 4.50. The first-order chi connectivity index (χ1) is 2.00. The predicted molar refractivity (Wildman–Crippen MR) is 22.1 cm³/mol. The molecule has 0 radical (unpaired) electrons. The van der Waals surface area contributed by atoms with Crippen molar-refractivity contribution >= 4 is 0 Å². The smallest absolute Gasteiger partial charge is 0.0533 e. The van der Waals surface area contributed by atoms with Crippen molar-refractivity contribution in [2.24, 2.45) is 0 Å². The molecule has 0 spiro atoms. The second-order valence-corrected chi connectivity index (χ2v) is 1.41. The summed E-state index contributed by atoms with van der Waals surface area (Å²) >= 11 is 0. The average molecular weight is 74.1 g/mol. The highest BCUT2D eigenvalue weighted by Gasteiger charge is 1.95. The first-order valence-corrected chi connectivity index (χ1v) is 2.00. The molecule has 0 aromatic carbocycles. The molecule has 0 aromatic heterocycles. The zero-order valence-corrected chi connectivity index (χ0v) is 3.33. The Hall–Kier alpha value is -0.0400. The summed E-state index contributed by atoms with van der Waals surface area (Å²) in [7, 11) is 0. The lowest BCUT2D eigenvalue weighted by atomic mass is 10.0. The van der Waals surface area contributed by atoms with Crippen molar-refractivity contribution in [1.29, 1.82) is 0 Å². The van der Waals surface area contributed by atoms with E-state index in [-0.39, 0.29) is 5.48 Å². The minimum absolute atomic E-state index is 0. The van der Waals surface area contributed by atoms with Gasteiger partial charge in [0.2, 0.25) is 0 Å². The molecular formula is C4H10O. The van der Waals surface area contributed by atoms with Gasteiger partial charge in [-0.15, -0.1) is 0 Å². The van der Waals surface area contributed by atoms with Crippen LogP contribution >= 0.6 is 0 Å². The molecule has 1 nitrogen and oxygen atoms in total. The van der Waals surface area contributed by atoms with E-state index in [9.17, 15) is 0 Å². The second-order valence-electron chi connectivity index (χ2n) is 1.41. The van der Waals surface area contributed by atoms with Crippen LogP contribution in [0.3, 0.4) is 0 Å². The molecule has 1 fully saturated rings. The third-order valence-corrected chi connectivity index (χ3v) is 1.000. The van der Waals surface area contributed by atoms with E-state index in [2.05, 4.69) is 0 Å². The van der Waals surface area contributed by atoms with Crippen LogP contribution in [0, 0.1) is 0 Å². The highest BCUT2D eigenvalue weighted by atomic mass is 16.0. The van der Waals surface area contributed by atoms with E-state index in [0.29, 0.717) is 0 Å². The molecule has 0 bridgehead atoms. The van der Waals surface area contributed by atoms with E-state index in [0.717, 1.165) is 0 Å². The van der Waals surface area contributed by atoms with Gasteiger partial charge in [-0.05, 0) is 0 Å². The van der Waals surface area contributed by atoms with Gasteiger partial charge in [-0.2, -0.15) is 0 Å². The van der Waals surface area contributed by atoms with Crippen molar-refractivity contribution in [1.82, 2.24) is 0 Å². The van der Waals surface area contributed by atoms with Crippen molar-refractivity contribution in [2.75, 3.05) is 0 Å². The van der Waals surface area contributed by atoms with Gasteiger partial charge in [0.1, 0.15) is 0 Å². The van der Waals surface area contributed by atoms with Gasteiger partial charge < -0.3 is 5.48 Å². The Labute approximate surface area is 32.3 Å². The van der Waals surface area contributed by atoms with Crippen molar-refractivity contribution in [3.63, 3.8) is 0 Å². The molecule has 1 heteroatoms. The van der Waals surface area contributed by atoms with Crippen LogP contribution in [0.2, 0.25) is 0 Å². The van der Waals surface area contributed by atoms with Crippen LogP contribution in [0.15, 0.2) is 0 Å². The first kappa shape index (κ1) is 4.96. The van der Waals surface area contributed by atoms with Gasteiger partial charge >= 0.3 is 0 Å². The summed E-state index contributed by atoms with van der Waals surface area (Å²) in [5.74, 6) is 0. The summed E-state index contributed by atoms with van der Waals surface area (Å²) in [6.07, 6.45) is 6.00. The van der Waals surface area contributed by atoms with E-state index in [1.807, 2.05) is 0 Å². The zero-order chi connectivity index (χ0) is 2.83. The lowest BCUT2D eigenvalue weighted by Crippen LogP contribution is -1.85. The summed E-state index contributed by atoms with van der Waals surface area (Å²) in [6, 6.07) is 0. The Kier molecular flexibility index (Phi) is 2.19. The number of hydrogen-bond donors (Lipinski definition) is 0. The van der Waals surface area contributed by atoms with Crippen molar-refractivity contribution in [3.8, 4) is 0 Å². The molecule has 1 aliphatic rings. The van der Waals surface area contributed by atoms with Gasteiger partial charge in [-0.1, -0.05) is 25.7 Å². The highest BCUT2D eigenvalue weighted by Crippen LogP contribution is 2.15. The molecular weight excluding hydrogens is 64.0 g/mol. The molecule has 0 aromatic rings. The largest absolute Gasteiger partial charge is 0.412 e. The Morgan fingerprint density at radius 1 is 0.600 bits per heavy atom. The first-order valence-electron chi connectivity index (χ1n) is 2.00. The summed E-state index contributed by atoms with van der Waals surface area (Å²) in [5.41, 5.74) is 0. The van der Waals surface area contributed by atoms with Gasteiger partial charge in [0.05, 0.1) is 0 Å². The van der Waals surface area contributed by atoms with Crippen LogP contribution in [0.1, 0.15) is 25.7 Å². The summed E-state index contributed by atoms with van der Waals surface area (Å²) in [5, 5.41) is 0.